The highest BCUT2D eigenvalue weighted by atomic mass is 32.1. The fourth-order valence-electron chi connectivity index (χ4n) is 3.59. The van der Waals surface area contributed by atoms with E-state index in [9.17, 15) is 4.79 Å². The average Bonchev–Trinajstić information content (AvgIpc) is 3.13. The van der Waals surface area contributed by atoms with Crippen LogP contribution in [0.5, 0.6) is 0 Å². The minimum Gasteiger partial charge on any atom is -0.338 e. The summed E-state index contributed by atoms with van der Waals surface area (Å²) >= 11 is 1.53. The van der Waals surface area contributed by atoms with Crippen LogP contribution in [0.2, 0.25) is 0 Å². The van der Waals surface area contributed by atoms with Crippen molar-refractivity contribution < 1.29 is 0 Å². The molecule has 26 heavy (non-hydrogen) atoms. The van der Waals surface area contributed by atoms with E-state index >= 15 is 0 Å². The molecule has 2 aromatic carbocycles. The third kappa shape index (κ3) is 2.52. The van der Waals surface area contributed by atoms with Gasteiger partial charge in [0.25, 0.3) is 5.56 Å². The van der Waals surface area contributed by atoms with Crippen LogP contribution >= 0.6 is 11.3 Å². The van der Waals surface area contributed by atoms with Gasteiger partial charge in [-0.15, -0.1) is 11.3 Å². The van der Waals surface area contributed by atoms with Gasteiger partial charge in [0, 0.05) is 24.0 Å². The fraction of sp³-hybridized carbons (Fsp3) is 0.143. The predicted molar refractivity (Wildman–Crippen MR) is 107 cm³/mol. The molecule has 0 spiro atoms. The molecule has 2 aromatic heterocycles. The topological polar surface area (TPSA) is 49.0 Å². The standard InChI is InChI=1S/C21H17N3OS/c25-19-18-17(15-7-2-1-3-8-15)13-26-20(18)23-21(22-19)24-11-10-14-6-4-5-9-16(14)12-24/h1-9,13H,10-12H2,(H,22,23,25). The number of fused-ring (bicyclic) bond motifs is 2. The summed E-state index contributed by atoms with van der Waals surface area (Å²) in [6, 6.07) is 18.5. The van der Waals surface area contributed by atoms with Gasteiger partial charge in [0.2, 0.25) is 5.95 Å². The van der Waals surface area contributed by atoms with Gasteiger partial charge < -0.3 is 4.90 Å². The van der Waals surface area contributed by atoms with E-state index in [1.54, 1.807) is 0 Å². The third-order valence-electron chi connectivity index (χ3n) is 4.95. The van der Waals surface area contributed by atoms with Gasteiger partial charge in [-0.3, -0.25) is 9.78 Å². The van der Waals surface area contributed by atoms with Crippen LogP contribution in [0.3, 0.4) is 0 Å². The second-order valence-electron chi connectivity index (χ2n) is 6.53. The number of aromatic nitrogens is 2. The van der Waals surface area contributed by atoms with Gasteiger partial charge in [-0.25, -0.2) is 4.98 Å². The van der Waals surface area contributed by atoms with Crippen LogP contribution < -0.4 is 10.5 Å². The van der Waals surface area contributed by atoms with Crippen molar-refractivity contribution >= 4 is 27.5 Å². The first-order valence-electron chi connectivity index (χ1n) is 8.68. The Balaban J connectivity index is 1.57. The summed E-state index contributed by atoms with van der Waals surface area (Å²) in [4.78, 5) is 23.6. The van der Waals surface area contributed by atoms with Crippen LogP contribution in [0.15, 0.2) is 64.8 Å². The molecule has 0 amide bonds. The fourth-order valence-corrected chi connectivity index (χ4v) is 4.54. The van der Waals surface area contributed by atoms with Gasteiger partial charge in [0.1, 0.15) is 4.83 Å². The molecular formula is C21H17N3OS. The van der Waals surface area contributed by atoms with Gasteiger partial charge >= 0.3 is 0 Å². The summed E-state index contributed by atoms with van der Waals surface area (Å²) in [7, 11) is 0. The lowest BCUT2D eigenvalue weighted by Crippen LogP contribution is -2.33. The molecule has 5 rings (SSSR count). The quantitative estimate of drug-likeness (QED) is 0.583. The molecule has 128 valence electrons. The second-order valence-corrected chi connectivity index (χ2v) is 7.38. The van der Waals surface area contributed by atoms with Crippen LogP contribution in [0, 0.1) is 0 Å². The first-order valence-corrected chi connectivity index (χ1v) is 9.56. The highest BCUT2D eigenvalue weighted by Gasteiger charge is 2.20. The molecule has 0 radical (unpaired) electrons. The van der Waals surface area contributed by atoms with E-state index in [1.807, 2.05) is 35.7 Å². The minimum absolute atomic E-state index is 0.0658. The molecule has 0 unspecified atom stereocenters. The Hall–Kier alpha value is -2.92. The summed E-state index contributed by atoms with van der Waals surface area (Å²) in [6.07, 6.45) is 0.970. The lowest BCUT2D eigenvalue weighted by Gasteiger charge is -2.29. The van der Waals surface area contributed by atoms with Crippen molar-refractivity contribution in [2.24, 2.45) is 0 Å². The summed E-state index contributed by atoms with van der Waals surface area (Å²) in [5.74, 6) is 0.665. The van der Waals surface area contributed by atoms with Crippen molar-refractivity contribution in [2.75, 3.05) is 11.4 Å². The normalized spacial score (nSPS) is 13.8. The number of H-pyrrole nitrogens is 1. The van der Waals surface area contributed by atoms with Crippen LogP contribution in [0.4, 0.5) is 5.95 Å². The zero-order valence-electron chi connectivity index (χ0n) is 14.1. The van der Waals surface area contributed by atoms with Crippen LogP contribution in [-0.2, 0) is 13.0 Å². The van der Waals surface area contributed by atoms with E-state index in [2.05, 4.69) is 34.1 Å². The van der Waals surface area contributed by atoms with Gasteiger partial charge in [0.05, 0.1) is 5.39 Å². The number of aromatic amines is 1. The molecule has 3 heterocycles. The van der Waals surface area contributed by atoms with E-state index in [4.69, 9.17) is 4.98 Å². The summed E-state index contributed by atoms with van der Waals surface area (Å²) in [5, 5.41) is 2.71. The SMILES string of the molecule is O=c1[nH]c(N2CCc3ccccc3C2)nc2scc(-c3ccccc3)c12. The molecule has 1 aliphatic rings. The van der Waals surface area contributed by atoms with Crippen LogP contribution in [0.25, 0.3) is 21.3 Å². The Bertz CT molecular complexity index is 1150. The molecule has 0 saturated carbocycles. The number of hydrogen-bond donors (Lipinski definition) is 1. The first kappa shape index (κ1) is 15.3. The van der Waals surface area contributed by atoms with E-state index in [-0.39, 0.29) is 5.56 Å². The van der Waals surface area contributed by atoms with E-state index in [1.165, 1.54) is 22.5 Å². The zero-order valence-corrected chi connectivity index (χ0v) is 14.9. The van der Waals surface area contributed by atoms with Crippen molar-refractivity contribution in [1.29, 1.82) is 0 Å². The maximum absolute atomic E-state index is 12.8. The Labute approximate surface area is 154 Å². The Morgan fingerprint density at radius 3 is 2.62 bits per heavy atom. The third-order valence-corrected chi connectivity index (χ3v) is 5.82. The molecule has 5 heteroatoms. The molecular weight excluding hydrogens is 342 g/mol. The van der Waals surface area contributed by atoms with Crippen LogP contribution in [0.1, 0.15) is 11.1 Å². The van der Waals surface area contributed by atoms with E-state index in [0.29, 0.717) is 11.3 Å². The van der Waals surface area contributed by atoms with Crippen molar-refractivity contribution in [1.82, 2.24) is 9.97 Å². The number of thiophene rings is 1. The zero-order chi connectivity index (χ0) is 17.5. The maximum Gasteiger partial charge on any atom is 0.261 e. The number of nitrogens with zero attached hydrogens (tertiary/aromatic N) is 2. The summed E-state index contributed by atoms with van der Waals surface area (Å²) in [5.41, 5.74) is 4.62. The Morgan fingerprint density at radius 1 is 1.00 bits per heavy atom. The lowest BCUT2D eigenvalue weighted by atomic mass is 10.0. The Kier molecular flexibility index (Phi) is 3.60. The van der Waals surface area contributed by atoms with Crippen molar-refractivity contribution in [2.45, 2.75) is 13.0 Å². The maximum atomic E-state index is 12.8. The molecule has 1 aliphatic heterocycles. The van der Waals surface area contributed by atoms with E-state index < -0.39 is 0 Å². The first-order chi connectivity index (χ1) is 12.8. The number of hydrogen-bond acceptors (Lipinski definition) is 4. The number of benzene rings is 2. The van der Waals surface area contributed by atoms with E-state index in [0.717, 1.165) is 35.5 Å². The molecule has 1 N–H and O–H groups in total. The largest absolute Gasteiger partial charge is 0.338 e. The molecule has 4 aromatic rings. The van der Waals surface area contributed by atoms with Crippen molar-refractivity contribution in [3.05, 3.63) is 81.5 Å². The molecule has 0 aliphatic carbocycles. The van der Waals surface area contributed by atoms with Gasteiger partial charge in [0.15, 0.2) is 0 Å². The van der Waals surface area contributed by atoms with Gasteiger partial charge in [-0.1, -0.05) is 54.6 Å². The lowest BCUT2D eigenvalue weighted by molar-refractivity contribution is 0.709. The van der Waals surface area contributed by atoms with Crippen molar-refractivity contribution in [3.63, 3.8) is 0 Å². The number of rotatable bonds is 2. The second kappa shape index (κ2) is 6.11. The number of anilines is 1. The molecule has 4 nitrogen and oxygen atoms in total. The van der Waals surface area contributed by atoms with Crippen molar-refractivity contribution in [3.8, 4) is 11.1 Å². The molecule has 0 bridgehead atoms. The Morgan fingerprint density at radius 2 is 1.77 bits per heavy atom. The molecule has 0 fully saturated rings. The highest BCUT2D eigenvalue weighted by Crippen LogP contribution is 2.31. The predicted octanol–water partition coefficient (Wildman–Crippen LogP) is 4.21. The highest BCUT2D eigenvalue weighted by molar-refractivity contribution is 7.17. The molecule has 0 atom stereocenters. The smallest absolute Gasteiger partial charge is 0.261 e. The monoisotopic (exact) mass is 359 g/mol. The van der Waals surface area contributed by atoms with Crippen LogP contribution in [-0.4, -0.2) is 16.5 Å². The molecule has 0 saturated heterocycles. The van der Waals surface area contributed by atoms with Gasteiger partial charge in [-0.05, 0) is 23.1 Å². The average molecular weight is 359 g/mol. The summed E-state index contributed by atoms with van der Waals surface area (Å²) < 4.78 is 0. The van der Waals surface area contributed by atoms with Gasteiger partial charge in [-0.2, -0.15) is 0 Å². The minimum atomic E-state index is -0.0658. The number of nitrogens with one attached hydrogen (secondary N) is 1. The summed E-state index contributed by atoms with van der Waals surface area (Å²) in [6.45, 7) is 1.64.